The van der Waals surface area contributed by atoms with Crippen molar-refractivity contribution in [3.8, 4) is 0 Å². The van der Waals surface area contributed by atoms with E-state index in [-0.39, 0.29) is 46.8 Å². The van der Waals surface area contributed by atoms with Crippen LogP contribution in [-0.4, -0.2) is 54.1 Å². The van der Waals surface area contributed by atoms with Gasteiger partial charge in [0.15, 0.2) is 0 Å². The molecule has 1 aromatic carbocycles. The summed E-state index contributed by atoms with van der Waals surface area (Å²) in [5.41, 5.74) is -1.55. The zero-order valence-corrected chi connectivity index (χ0v) is 21.2. The Balaban J connectivity index is 0.00000380. The van der Waals surface area contributed by atoms with Gasteiger partial charge in [-0.25, -0.2) is 4.98 Å². The first-order valence-corrected chi connectivity index (χ1v) is 12.0. The second-order valence-corrected chi connectivity index (χ2v) is 9.42. The molecule has 37 heavy (non-hydrogen) atoms. The van der Waals surface area contributed by atoms with Crippen LogP contribution in [0.1, 0.15) is 47.2 Å². The van der Waals surface area contributed by atoms with Crippen molar-refractivity contribution >= 4 is 35.7 Å². The lowest BCUT2D eigenvalue weighted by atomic mass is 9.95. The number of carbonyl (C=O) groups is 1. The topological polar surface area (TPSA) is 48.5 Å². The molecule has 0 atom stereocenters. The second kappa shape index (κ2) is 11.7. The summed E-state index contributed by atoms with van der Waals surface area (Å²) in [6, 6.07) is 4.85. The molecule has 1 aromatic heterocycles. The third-order valence-electron chi connectivity index (χ3n) is 6.70. The van der Waals surface area contributed by atoms with Crippen LogP contribution in [0.25, 0.3) is 0 Å². The molecular weight excluding hydrogens is 545 g/mol. The molecule has 0 unspecified atom stereocenters. The third kappa shape index (κ3) is 6.80. The molecule has 1 N–H and O–H groups in total. The van der Waals surface area contributed by atoms with Crippen LogP contribution in [0.4, 0.5) is 32.2 Å². The molecule has 2 fully saturated rings. The number of nitrogens with zero attached hydrogens (tertiary/aromatic N) is 3. The predicted molar refractivity (Wildman–Crippen MR) is 130 cm³/mol. The molecule has 2 aliphatic rings. The third-order valence-corrected chi connectivity index (χ3v) is 6.98. The van der Waals surface area contributed by atoms with Crippen LogP contribution in [0.2, 0.25) is 5.02 Å². The van der Waals surface area contributed by atoms with Gasteiger partial charge in [-0.05, 0) is 69.1 Å². The first kappa shape index (κ1) is 29.3. The SMILES string of the molecule is Cl.O=C(c1ccc(C(F)(F)F)cc1)N(C1CCNCC1)C1CCN(c2ncc(C(F)(F)F)cc2Cl)CC1. The lowest BCUT2D eigenvalue weighted by molar-refractivity contribution is -0.138. The Bertz CT molecular complexity index is 1070. The van der Waals surface area contributed by atoms with Crippen LogP contribution >= 0.6 is 24.0 Å². The Morgan fingerprint density at radius 3 is 1.97 bits per heavy atom. The zero-order chi connectivity index (χ0) is 26.1. The summed E-state index contributed by atoms with van der Waals surface area (Å²) in [4.78, 5) is 21.0. The van der Waals surface area contributed by atoms with Gasteiger partial charge in [-0.15, -0.1) is 12.4 Å². The van der Waals surface area contributed by atoms with Gasteiger partial charge in [-0.3, -0.25) is 4.79 Å². The minimum Gasteiger partial charge on any atom is -0.355 e. The van der Waals surface area contributed by atoms with E-state index in [1.54, 1.807) is 9.80 Å². The van der Waals surface area contributed by atoms with Gasteiger partial charge in [-0.2, -0.15) is 26.3 Å². The van der Waals surface area contributed by atoms with Crippen LogP contribution in [-0.2, 0) is 12.4 Å². The lowest BCUT2D eigenvalue weighted by Crippen LogP contribution is -2.54. The van der Waals surface area contributed by atoms with Gasteiger partial charge in [0.1, 0.15) is 5.82 Å². The normalized spacial score (nSPS) is 17.9. The molecule has 204 valence electrons. The molecule has 1 amide bonds. The van der Waals surface area contributed by atoms with E-state index in [2.05, 4.69) is 10.3 Å². The highest BCUT2D eigenvalue weighted by atomic mass is 35.5. The number of hydrogen-bond acceptors (Lipinski definition) is 4. The Hall–Kier alpha value is -2.24. The summed E-state index contributed by atoms with van der Waals surface area (Å²) in [5.74, 6) is -0.0645. The summed E-state index contributed by atoms with van der Waals surface area (Å²) in [7, 11) is 0. The average Bonchev–Trinajstić information content (AvgIpc) is 2.84. The van der Waals surface area contributed by atoms with Crippen molar-refractivity contribution in [2.45, 2.75) is 50.1 Å². The largest absolute Gasteiger partial charge is 0.417 e. The summed E-state index contributed by atoms with van der Waals surface area (Å²) in [6.45, 7) is 2.30. The van der Waals surface area contributed by atoms with Crippen molar-refractivity contribution in [2.24, 2.45) is 0 Å². The van der Waals surface area contributed by atoms with Gasteiger partial charge in [0.05, 0.1) is 16.1 Å². The lowest BCUT2D eigenvalue weighted by Gasteiger charge is -2.44. The predicted octanol–water partition coefficient (Wildman–Crippen LogP) is 6.06. The minimum atomic E-state index is -4.55. The van der Waals surface area contributed by atoms with E-state index in [4.69, 9.17) is 11.6 Å². The fourth-order valence-electron chi connectivity index (χ4n) is 4.84. The first-order chi connectivity index (χ1) is 16.9. The number of pyridine rings is 1. The zero-order valence-electron chi connectivity index (χ0n) is 19.6. The maximum absolute atomic E-state index is 13.5. The molecule has 4 rings (SSSR count). The van der Waals surface area contributed by atoms with E-state index in [0.717, 1.165) is 50.3 Å². The van der Waals surface area contributed by atoms with Crippen LogP contribution in [0, 0.1) is 0 Å². The number of benzene rings is 1. The number of hydrogen-bond donors (Lipinski definition) is 1. The molecule has 0 spiro atoms. The highest BCUT2D eigenvalue weighted by Crippen LogP contribution is 2.35. The van der Waals surface area contributed by atoms with Gasteiger partial charge in [0.25, 0.3) is 5.91 Å². The maximum atomic E-state index is 13.5. The molecule has 0 bridgehead atoms. The molecule has 0 aliphatic carbocycles. The first-order valence-electron chi connectivity index (χ1n) is 11.6. The number of amides is 1. The number of carbonyl (C=O) groups excluding carboxylic acids is 1. The highest BCUT2D eigenvalue weighted by Gasteiger charge is 2.37. The number of piperidine rings is 2. The van der Waals surface area contributed by atoms with E-state index in [1.165, 1.54) is 12.1 Å². The van der Waals surface area contributed by atoms with Crippen LogP contribution < -0.4 is 10.2 Å². The highest BCUT2D eigenvalue weighted by molar-refractivity contribution is 6.33. The number of rotatable bonds is 4. The van der Waals surface area contributed by atoms with Crippen molar-refractivity contribution in [1.29, 1.82) is 0 Å². The fraction of sp³-hybridized carbons (Fsp3) is 0.500. The number of alkyl halides is 6. The Kier molecular flexibility index (Phi) is 9.23. The number of nitrogens with one attached hydrogen (secondary N) is 1. The van der Waals surface area contributed by atoms with E-state index < -0.39 is 23.5 Å². The molecule has 2 saturated heterocycles. The molecule has 2 aliphatic heterocycles. The summed E-state index contributed by atoms with van der Waals surface area (Å²) >= 11 is 6.11. The van der Waals surface area contributed by atoms with Crippen LogP contribution in [0.5, 0.6) is 0 Å². The molecule has 5 nitrogen and oxygen atoms in total. The Morgan fingerprint density at radius 1 is 0.919 bits per heavy atom. The van der Waals surface area contributed by atoms with Crippen LogP contribution in [0.15, 0.2) is 36.5 Å². The molecular formula is C24H26Cl2F6N4O. The number of aromatic nitrogens is 1. The van der Waals surface area contributed by atoms with Gasteiger partial charge >= 0.3 is 12.4 Å². The van der Waals surface area contributed by atoms with Crippen molar-refractivity contribution in [3.63, 3.8) is 0 Å². The summed E-state index contributed by atoms with van der Waals surface area (Å²) in [6.07, 6.45) is -5.79. The van der Waals surface area contributed by atoms with Gasteiger partial charge in [-0.1, -0.05) is 11.6 Å². The van der Waals surface area contributed by atoms with Gasteiger partial charge in [0, 0.05) is 36.9 Å². The van der Waals surface area contributed by atoms with E-state index >= 15 is 0 Å². The number of anilines is 1. The smallest absolute Gasteiger partial charge is 0.355 e. The van der Waals surface area contributed by atoms with E-state index in [9.17, 15) is 31.1 Å². The summed E-state index contributed by atoms with van der Waals surface area (Å²) < 4.78 is 77.7. The molecule has 0 saturated carbocycles. The van der Waals surface area contributed by atoms with E-state index in [0.29, 0.717) is 25.9 Å². The maximum Gasteiger partial charge on any atom is 0.417 e. The number of halogens is 8. The van der Waals surface area contributed by atoms with E-state index in [1.807, 2.05) is 0 Å². The Morgan fingerprint density at radius 2 is 1.46 bits per heavy atom. The van der Waals surface area contributed by atoms with Gasteiger partial charge < -0.3 is 15.1 Å². The van der Waals surface area contributed by atoms with Crippen LogP contribution in [0.3, 0.4) is 0 Å². The summed E-state index contributed by atoms with van der Waals surface area (Å²) in [5, 5.41) is 3.15. The molecule has 3 heterocycles. The van der Waals surface area contributed by atoms with Crippen molar-refractivity contribution < 1.29 is 31.1 Å². The molecule has 13 heteroatoms. The minimum absolute atomic E-state index is 0. The standard InChI is InChI=1S/C24H25ClF6N4O.ClH/c25-20-13-17(24(29,30)31)14-33-21(20)34-11-7-19(8-12-34)35(18-5-9-32-10-6-18)22(36)15-1-3-16(4-2-15)23(26,27)28;/h1-4,13-14,18-19,32H,5-12H2;1H. The molecule has 2 aromatic rings. The fourth-order valence-corrected chi connectivity index (χ4v) is 5.13. The monoisotopic (exact) mass is 570 g/mol. The second-order valence-electron chi connectivity index (χ2n) is 9.01. The van der Waals surface area contributed by atoms with Gasteiger partial charge in [0.2, 0.25) is 0 Å². The van der Waals surface area contributed by atoms with Crippen molar-refractivity contribution in [2.75, 3.05) is 31.1 Å². The van der Waals surface area contributed by atoms with Crippen molar-refractivity contribution in [3.05, 3.63) is 58.2 Å². The average molecular weight is 571 g/mol. The Labute approximate surface area is 221 Å². The molecule has 0 radical (unpaired) electrons. The van der Waals surface area contributed by atoms with Crippen molar-refractivity contribution in [1.82, 2.24) is 15.2 Å². The quantitative estimate of drug-likeness (QED) is 0.454.